The maximum Gasteiger partial charge on any atom is 0.256 e. The van der Waals surface area contributed by atoms with Gasteiger partial charge in [-0.05, 0) is 44.9 Å². The van der Waals surface area contributed by atoms with Crippen molar-refractivity contribution in [1.29, 1.82) is 0 Å². The second-order valence-corrected chi connectivity index (χ2v) is 9.94. The van der Waals surface area contributed by atoms with Crippen LogP contribution in [0.15, 0.2) is 34.7 Å². The quantitative estimate of drug-likeness (QED) is 0.697. The fourth-order valence-corrected chi connectivity index (χ4v) is 5.06. The van der Waals surface area contributed by atoms with Crippen molar-refractivity contribution in [3.05, 3.63) is 41.2 Å². The number of likely N-dealkylation sites (tertiary alicyclic amines) is 1. The number of piperidine rings is 1. The molecule has 0 bridgehead atoms. The Morgan fingerprint density at radius 3 is 2.77 bits per heavy atom. The molecule has 1 fully saturated rings. The molecule has 1 atom stereocenters. The number of amides is 2. The van der Waals surface area contributed by atoms with Crippen LogP contribution in [0, 0.1) is 11.7 Å². The van der Waals surface area contributed by atoms with Crippen molar-refractivity contribution in [2.75, 3.05) is 18.4 Å². The van der Waals surface area contributed by atoms with Crippen LogP contribution in [0.5, 0.6) is 0 Å². The third-order valence-corrected chi connectivity index (χ3v) is 6.96. The number of nitrogens with one attached hydrogen (secondary N) is 2. The first-order valence-corrected chi connectivity index (χ1v) is 11.8. The molecule has 0 saturated carbocycles. The third-order valence-electron chi connectivity index (χ3n) is 4.61. The van der Waals surface area contributed by atoms with Crippen LogP contribution in [0.1, 0.15) is 37.0 Å². The lowest BCUT2D eigenvalue weighted by Gasteiger charge is -2.32. The summed E-state index contributed by atoms with van der Waals surface area (Å²) < 4.78 is 41.6. The summed E-state index contributed by atoms with van der Waals surface area (Å²) in [7, 11) is -3.87. The van der Waals surface area contributed by atoms with E-state index in [1.807, 2.05) is 0 Å². The van der Waals surface area contributed by atoms with Crippen LogP contribution in [0.3, 0.4) is 0 Å². The van der Waals surface area contributed by atoms with E-state index < -0.39 is 27.7 Å². The Hall–Kier alpha value is -2.37. The van der Waals surface area contributed by atoms with E-state index in [-0.39, 0.29) is 29.0 Å². The molecule has 1 aliphatic rings. The minimum Gasteiger partial charge on any atom is -0.338 e. The maximum atomic E-state index is 14.4. The lowest BCUT2D eigenvalue weighted by molar-refractivity contribution is -0.121. The summed E-state index contributed by atoms with van der Waals surface area (Å²) in [5.74, 6) is -2.15. The molecule has 30 heavy (non-hydrogen) atoms. The summed E-state index contributed by atoms with van der Waals surface area (Å²) in [6, 6.07) is 2.79. The number of anilines is 1. The number of carbonyl (C=O) groups excluding carboxylic acids is 2. The largest absolute Gasteiger partial charge is 0.338 e. The van der Waals surface area contributed by atoms with Gasteiger partial charge in [0.05, 0.1) is 16.4 Å². The molecule has 2 N–H and O–H groups in total. The molecule has 3 rings (SSSR count). The number of benzene rings is 1. The molecular formula is C19H23FN4O4S2. The highest BCUT2D eigenvalue weighted by molar-refractivity contribution is 7.89. The van der Waals surface area contributed by atoms with E-state index in [0.717, 1.165) is 18.2 Å². The molecule has 0 aliphatic carbocycles. The van der Waals surface area contributed by atoms with Gasteiger partial charge in [0.1, 0.15) is 5.82 Å². The molecule has 11 heteroatoms. The number of nitrogens with zero attached hydrogens (tertiary/aromatic N) is 2. The van der Waals surface area contributed by atoms with Crippen molar-refractivity contribution in [2.45, 2.75) is 37.6 Å². The molecule has 2 amide bonds. The average Bonchev–Trinajstić information content (AvgIpc) is 3.19. The fraction of sp³-hybridized carbons (Fsp3) is 0.421. The van der Waals surface area contributed by atoms with E-state index in [0.29, 0.717) is 24.5 Å². The summed E-state index contributed by atoms with van der Waals surface area (Å²) in [4.78, 5) is 30.6. The summed E-state index contributed by atoms with van der Waals surface area (Å²) >= 11 is 1.29. The number of aromatic nitrogens is 1. The lowest BCUT2D eigenvalue weighted by atomic mass is 9.96. The Kier molecular flexibility index (Phi) is 6.84. The van der Waals surface area contributed by atoms with Crippen molar-refractivity contribution < 1.29 is 22.4 Å². The van der Waals surface area contributed by atoms with Crippen LogP contribution in [0.4, 0.5) is 9.52 Å². The molecule has 162 valence electrons. The second kappa shape index (κ2) is 9.19. The lowest BCUT2D eigenvalue weighted by Crippen LogP contribution is -2.44. The zero-order valence-corrected chi connectivity index (χ0v) is 18.2. The van der Waals surface area contributed by atoms with E-state index in [1.54, 1.807) is 25.4 Å². The van der Waals surface area contributed by atoms with Crippen LogP contribution in [0.25, 0.3) is 0 Å². The van der Waals surface area contributed by atoms with Gasteiger partial charge < -0.3 is 10.2 Å². The van der Waals surface area contributed by atoms with Gasteiger partial charge in [0, 0.05) is 30.7 Å². The van der Waals surface area contributed by atoms with Gasteiger partial charge in [-0.3, -0.25) is 9.59 Å². The van der Waals surface area contributed by atoms with Gasteiger partial charge in [-0.1, -0.05) is 0 Å². The number of thiazole rings is 1. The van der Waals surface area contributed by atoms with Crippen molar-refractivity contribution in [2.24, 2.45) is 5.92 Å². The SMILES string of the molecule is CC(C)NS(=O)(=O)c1ccc(F)c(C(=O)N2CCCC(C(=O)Nc3nccs3)C2)c1. The van der Waals surface area contributed by atoms with Crippen LogP contribution < -0.4 is 10.0 Å². The minimum atomic E-state index is -3.87. The molecule has 8 nitrogen and oxygen atoms in total. The first-order valence-electron chi connectivity index (χ1n) is 9.49. The highest BCUT2D eigenvalue weighted by Gasteiger charge is 2.31. The number of hydrogen-bond acceptors (Lipinski definition) is 6. The Morgan fingerprint density at radius 2 is 2.10 bits per heavy atom. The van der Waals surface area contributed by atoms with E-state index in [1.165, 1.54) is 16.2 Å². The zero-order chi connectivity index (χ0) is 21.9. The summed E-state index contributed by atoms with van der Waals surface area (Å²) in [6.45, 7) is 3.81. The van der Waals surface area contributed by atoms with Gasteiger partial charge >= 0.3 is 0 Å². The molecule has 1 unspecified atom stereocenters. The van der Waals surface area contributed by atoms with Gasteiger partial charge in [-0.2, -0.15) is 0 Å². The predicted octanol–water partition coefficient (Wildman–Crippen LogP) is 2.46. The number of sulfonamides is 1. The summed E-state index contributed by atoms with van der Waals surface area (Å²) in [6.07, 6.45) is 2.75. The van der Waals surface area contributed by atoms with E-state index in [9.17, 15) is 22.4 Å². The molecule has 0 spiro atoms. The highest BCUT2D eigenvalue weighted by Crippen LogP contribution is 2.23. The van der Waals surface area contributed by atoms with Crippen molar-refractivity contribution in [1.82, 2.24) is 14.6 Å². The molecule has 1 aromatic carbocycles. The fourth-order valence-electron chi connectivity index (χ4n) is 3.25. The third kappa shape index (κ3) is 5.21. The van der Waals surface area contributed by atoms with E-state index >= 15 is 0 Å². The molecule has 1 aliphatic heterocycles. The molecule has 0 radical (unpaired) electrons. The van der Waals surface area contributed by atoms with Gasteiger partial charge in [0.15, 0.2) is 5.13 Å². The predicted molar refractivity (Wildman–Crippen MR) is 111 cm³/mol. The normalized spacial score (nSPS) is 17.2. The zero-order valence-electron chi connectivity index (χ0n) is 16.6. The molecule has 2 aromatic rings. The van der Waals surface area contributed by atoms with Gasteiger partial charge in [-0.25, -0.2) is 22.5 Å². The molecule has 1 saturated heterocycles. The van der Waals surface area contributed by atoms with Gasteiger partial charge in [0.25, 0.3) is 5.91 Å². The first-order chi connectivity index (χ1) is 14.2. The standard InChI is InChI=1S/C19H23FN4O4S2/c1-12(2)23-30(27,28)14-5-6-16(20)15(10-14)18(26)24-8-3-4-13(11-24)17(25)22-19-21-7-9-29-19/h5-7,9-10,12-13,23H,3-4,8,11H2,1-2H3,(H,21,22,25). The topological polar surface area (TPSA) is 108 Å². The summed E-state index contributed by atoms with van der Waals surface area (Å²) in [5.41, 5.74) is -0.331. The average molecular weight is 455 g/mol. The highest BCUT2D eigenvalue weighted by atomic mass is 32.2. The van der Waals surface area contributed by atoms with E-state index in [4.69, 9.17) is 0 Å². The van der Waals surface area contributed by atoms with Crippen LogP contribution >= 0.6 is 11.3 Å². The Labute approximate surface area is 178 Å². The first kappa shape index (κ1) is 22.3. The van der Waals surface area contributed by atoms with Crippen LogP contribution in [-0.4, -0.2) is 49.2 Å². The molecule has 2 heterocycles. The number of hydrogen-bond donors (Lipinski definition) is 2. The summed E-state index contributed by atoms with van der Waals surface area (Å²) in [5, 5.41) is 4.94. The minimum absolute atomic E-state index is 0.122. The monoisotopic (exact) mass is 454 g/mol. The molecule has 1 aromatic heterocycles. The number of carbonyl (C=O) groups is 2. The number of rotatable bonds is 6. The van der Waals surface area contributed by atoms with Crippen LogP contribution in [-0.2, 0) is 14.8 Å². The van der Waals surface area contributed by atoms with Gasteiger partial charge in [-0.15, -0.1) is 11.3 Å². The van der Waals surface area contributed by atoms with Crippen molar-refractivity contribution in [3.63, 3.8) is 0 Å². The van der Waals surface area contributed by atoms with Gasteiger partial charge in [0.2, 0.25) is 15.9 Å². The Balaban J connectivity index is 1.77. The smallest absolute Gasteiger partial charge is 0.256 e. The number of halogens is 1. The van der Waals surface area contributed by atoms with Crippen LogP contribution in [0.2, 0.25) is 0 Å². The van der Waals surface area contributed by atoms with Crippen molar-refractivity contribution in [3.8, 4) is 0 Å². The Morgan fingerprint density at radius 1 is 1.33 bits per heavy atom. The molecular weight excluding hydrogens is 431 g/mol. The maximum absolute atomic E-state index is 14.4. The second-order valence-electron chi connectivity index (χ2n) is 7.33. The van der Waals surface area contributed by atoms with Crippen molar-refractivity contribution >= 4 is 38.3 Å². The van der Waals surface area contributed by atoms with E-state index in [2.05, 4.69) is 15.0 Å². The Bertz CT molecular complexity index is 1030.